The normalized spacial score (nSPS) is 11.5. The predicted molar refractivity (Wildman–Crippen MR) is 75.0 cm³/mol. The zero-order chi connectivity index (χ0) is 14.6. The zero-order valence-corrected chi connectivity index (χ0v) is 11.7. The van der Waals surface area contributed by atoms with Crippen molar-refractivity contribution in [1.29, 1.82) is 0 Å². The third-order valence-corrected chi connectivity index (χ3v) is 4.63. The van der Waals surface area contributed by atoms with Crippen LogP contribution < -0.4 is 5.73 Å². The summed E-state index contributed by atoms with van der Waals surface area (Å²) < 4.78 is 39.0. The van der Waals surface area contributed by atoms with Gasteiger partial charge in [-0.25, -0.2) is 12.8 Å². The zero-order valence-electron chi connectivity index (χ0n) is 10.1. The molecule has 0 saturated carbocycles. The first-order valence-electron chi connectivity index (χ1n) is 5.31. The van der Waals surface area contributed by atoms with E-state index in [9.17, 15) is 12.8 Å². The minimum atomic E-state index is -3.88. The van der Waals surface area contributed by atoms with Crippen LogP contribution in [0.1, 0.15) is 0 Å². The van der Waals surface area contributed by atoms with Crippen molar-refractivity contribution in [2.24, 2.45) is 0 Å². The van der Waals surface area contributed by atoms with Gasteiger partial charge < -0.3 is 5.73 Å². The molecule has 19 heavy (non-hydrogen) atoms. The molecule has 1 rings (SSSR count). The number of rotatable bonds is 6. The van der Waals surface area contributed by atoms with E-state index < -0.39 is 15.8 Å². The molecule has 0 fully saturated rings. The molecule has 0 amide bonds. The summed E-state index contributed by atoms with van der Waals surface area (Å²) in [6, 6.07) is 1.88. The Kier molecular flexibility index (Phi) is 5.11. The number of sulfonamides is 1. The number of nitrogens with zero attached hydrogens (tertiary/aromatic N) is 1. The Morgan fingerprint density at radius 1 is 1.32 bits per heavy atom. The standard InChI is InChI=1S/C12H14ClFN2O2S/c1-3-5-16(6-4-2)19(17,18)12-8-11(15)10(14)7-9(12)13/h3-4,7-8H,1-2,5-6,15H2. The highest BCUT2D eigenvalue weighted by atomic mass is 35.5. The molecule has 1 aromatic carbocycles. The molecule has 0 atom stereocenters. The Morgan fingerprint density at radius 3 is 2.32 bits per heavy atom. The lowest BCUT2D eigenvalue weighted by Gasteiger charge is -2.20. The minimum Gasteiger partial charge on any atom is -0.396 e. The van der Waals surface area contributed by atoms with Crippen LogP contribution in [0.15, 0.2) is 42.3 Å². The van der Waals surface area contributed by atoms with Crippen molar-refractivity contribution in [3.8, 4) is 0 Å². The summed E-state index contributed by atoms with van der Waals surface area (Å²) in [4.78, 5) is -0.239. The maximum absolute atomic E-state index is 13.2. The summed E-state index contributed by atoms with van der Waals surface area (Å²) in [7, 11) is -3.88. The quantitative estimate of drug-likeness (QED) is 0.648. The van der Waals surface area contributed by atoms with Crippen LogP contribution in [0.25, 0.3) is 0 Å². The van der Waals surface area contributed by atoms with Crippen LogP contribution in [-0.4, -0.2) is 25.8 Å². The molecule has 0 aliphatic carbocycles. The summed E-state index contributed by atoms with van der Waals surface area (Å²) in [5.74, 6) is -0.761. The van der Waals surface area contributed by atoms with Gasteiger partial charge in [-0.3, -0.25) is 0 Å². The lowest BCUT2D eigenvalue weighted by molar-refractivity contribution is 0.474. The van der Waals surface area contributed by atoms with Crippen molar-refractivity contribution in [2.75, 3.05) is 18.8 Å². The number of halogens is 2. The molecular formula is C12H14ClFN2O2S. The van der Waals surface area contributed by atoms with E-state index >= 15 is 0 Å². The molecule has 0 aliphatic heterocycles. The molecule has 0 aromatic heterocycles. The Hall–Kier alpha value is -1.37. The van der Waals surface area contributed by atoms with E-state index in [2.05, 4.69) is 13.2 Å². The first-order chi connectivity index (χ1) is 8.84. The van der Waals surface area contributed by atoms with Crippen LogP contribution >= 0.6 is 11.6 Å². The fourth-order valence-electron chi connectivity index (χ4n) is 1.44. The van der Waals surface area contributed by atoms with Crippen molar-refractivity contribution in [3.63, 3.8) is 0 Å². The van der Waals surface area contributed by atoms with Gasteiger partial charge in [-0.15, -0.1) is 13.2 Å². The van der Waals surface area contributed by atoms with Gasteiger partial charge in [-0.2, -0.15) is 4.31 Å². The Balaban J connectivity index is 3.36. The SMILES string of the molecule is C=CCN(CC=C)S(=O)(=O)c1cc(N)c(F)cc1Cl. The summed E-state index contributed by atoms with van der Waals surface area (Å²) in [5.41, 5.74) is 5.10. The summed E-state index contributed by atoms with van der Waals surface area (Å²) >= 11 is 5.78. The van der Waals surface area contributed by atoms with Crippen molar-refractivity contribution in [3.05, 3.63) is 48.3 Å². The Bertz CT molecular complexity index is 592. The molecule has 7 heteroatoms. The van der Waals surface area contributed by atoms with Crippen molar-refractivity contribution in [1.82, 2.24) is 4.31 Å². The van der Waals surface area contributed by atoms with Crippen molar-refractivity contribution < 1.29 is 12.8 Å². The average molecular weight is 305 g/mol. The van der Waals surface area contributed by atoms with Gasteiger partial charge in [0, 0.05) is 13.1 Å². The van der Waals surface area contributed by atoms with E-state index in [0.29, 0.717) is 0 Å². The number of hydrogen-bond donors (Lipinski definition) is 1. The van der Waals surface area contributed by atoms with Crippen LogP contribution in [0.3, 0.4) is 0 Å². The molecule has 0 aliphatic rings. The highest BCUT2D eigenvalue weighted by Crippen LogP contribution is 2.28. The summed E-state index contributed by atoms with van der Waals surface area (Å²) in [6.07, 6.45) is 2.86. The van der Waals surface area contributed by atoms with Crippen molar-refractivity contribution >= 4 is 27.3 Å². The second-order valence-corrected chi connectivity index (χ2v) is 6.02. The van der Waals surface area contributed by atoms with Gasteiger partial charge in [-0.1, -0.05) is 23.8 Å². The lowest BCUT2D eigenvalue weighted by Crippen LogP contribution is -2.31. The molecule has 0 unspecified atom stereocenters. The molecule has 0 bridgehead atoms. The predicted octanol–water partition coefficient (Wildman–Crippen LogP) is 2.42. The van der Waals surface area contributed by atoms with E-state index in [1.54, 1.807) is 0 Å². The topological polar surface area (TPSA) is 63.4 Å². The second-order valence-electron chi connectivity index (χ2n) is 3.70. The molecule has 2 N–H and O–H groups in total. The monoisotopic (exact) mass is 304 g/mol. The van der Waals surface area contributed by atoms with Crippen LogP contribution in [0.4, 0.5) is 10.1 Å². The Morgan fingerprint density at radius 2 is 1.84 bits per heavy atom. The van der Waals surface area contributed by atoms with Crippen molar-refractivity contribution in [2.45, 2.75) is 4.90 Å². The summed E-state index contributed by atoms with van der Waals surface area (Å²) in [5, 5.41) is -0.218. The van der Waals surface area contributed by atoms with Gasteiger partial charge in [0.2, 0.25) is 10.0 Å². The summed E-state index contributed by atoms with van der Waals surface area (Å²) in [6.45, 7) is 7.14. The van der Waals surface area contributed by atoms with Gasteiger partial charge in [0.25, 0.3) is 0 Å². The lowest BCUT2D eigenvalue weighted by atomic mass is 10.3. The van der Waals surface area contributed by atoms with Gasteiger partial charge in [-0.05, 0) is 12.1 Å². The number of anilines is 1. The molecule has 0 saturated heterocycles. The van der Waals surface area contributed by atoms with Crippen LogP contribution in [-0.2, 0) is 10.0 Å². The third-order valence-electron chi connectivity index (χ3n) is 2.33. The smallest absolute Gasteiger partial charge is 0.245 e. The molecular weight excluding hydrogens is 291 g/mol. The van der Waals surface area contributed by atoms with Crippen LogP contribution in [0, 0.1) is 5.82 Å². The molecule has 0 spiro atoms. The maximum Gasteiger partial charge on any atom is 0.245 e. The van der Waals surface area contributed by atoms with Gasteiger partial charge in [0.15, 0.2) is 0 Å². The first kappa shape index (κ1) is 15.7. The molecule has 0 heterocycles. The molecule has 4 nitrogen and oxygen atoms in total. The van der Waals surface area contributed by atoms with Crippen LogP contribution in [0.2, 0.25) is 5.02 Å². The fourth-order valence-corrected chi connectivity index (χ4v) is 3.35. The molecule has 104 valence electrons. The second kappa shape index (κ2) is 6.18. The number of nitrogen functional groups attached to an aromatic ring is 1. The number of nitrogens with two attached hydrogens (primary N) is 1. The van der Waals surface area contributed by atoms with E-state index in [0.717, 1.165) is 16.4 Å². The molecule has 0 radical (unpaired) electrons. The van der Waals surface area contributed by atoms with E-state index in [4.69, 9.17) is 17.3 Å². The van der Waals surface area contributed by atoms with E-state index in [1.165, 1.54) is 12.2 Å². The van der Waals surface area contributed by atoms with Gasteiger partial charge >= 0.3 is 0 Å². The highest BCUT2D eigenvalue weighted by molar-refractivity contribution is 7.89. The molecule has 1 aromatic rings. The average Bonchev–Trinajstić information content (AvgIpc) is 2.33. The number of benzene rings is 1. The van der Waals surface area contributed by atoms with Gasteiger partial charge in [0.1, 0.15) is 10.7 Å². The maximum atomic E-state index is 13.2. The van der Waals surface area contributed by atoms with Gasteiger partial charge in [0.05, 0.1) is 10.7 Å². The first-order valence-corrected chi connectivity index (χ1v) is 7.12. The fraction of sp³-hybridized carbons (Fsp3) is 0.167. The minimum absolute atomic E-state index is 0.0853. The third kappa shape index (κ3) is 3.34. The van der Waals surface area contributed by atoms with Crippen LogP contribution in [0.5, 0.6) is 0 Å². The van der Waals surface area contributed by atoms with E-state index in [1.807, 2.05) is 0 Å². The van der Waals surface area contributed by atoms with E-state index in [-0.39, 0.29) is 28.7 Å². The Labute approximate surface area is 117 Å². The largest absolute Gasteiger partial charge is 0.396 e. The highest BCUT2D eigenvalue weighted by Gasteiger charge is 2.26. The number of hydrogen-bond acceptors (Lipinski definition) is 3.